The number of aliphatic hydroxyl groups excluding tert-OH is 1. The van der Waals surface area contributed by atoms with Crippen LogP contribution in [0.1, 0.15) is 18.5 Å². The van der Waals surface area contributed by atoms with E-state index in [2.05, 4.69) is 10.3 Å². The third kappa shape index (κ3) is 3.63. The van der Waals surface area contributed by atoms with Crippen LogP contribution in [0, 0.1) is 5.92 Å². The Labute approximate surface area is 152 Å². The van der Waals surface area contributed by atoms with Gasteiger partial charge in [0.1, 0.15) is 6.54 Å². The number of para-hydroxylation sites is 1. The van der Waals surface area contributed by atoms with Gasteiger partial charge in [0.25, 0.3) is 0 Å². The van der Waals surface area contributed by atoms with Gasteiger partial charge in [0.2, 0.25) is 5.91 Å². The standard InChI is InChI=1S/C21H23N3O2/c25-18-11-16(12-18)19(13-17-6-3-4-9-22-17)23-21(26)14-24-10-8-15-5-1-2-7-20(15)24/h1-10,16,18-19,25H,11-14H2,(H,23,26)/t16?,18?,19-/m1/s1. The molecule has 5 nitrogen and oxygen atoms in total. The van der Waals surface area contributed by atoms with Crippen LogP contribution in [0.25, 0.3) is 10.9 Å². The van der Waals surface area contributed by atoms with Gasteiger partial charge in [-0.15, -0.1) is 0 Å². The molecule has 1 fully saturated rings. The smallest absolute Gasteiger partial charge is 0.240 e. The fourth-order valence-corrected chi connectivity index (χ4v) is 3.72. The lowest BCUT2D eigenvalue weighted by Gasteiger charge is -2.38. The third-order valence-electron chi connectivity index (χ3n) is 5.21. The molecule has 4 rings (SSSR count). The number of benzene rings is 1. The number of rotatable bonds is 6. The van der Waals surface area contributed by atoms with Crippen LogP contribution in [0.2, 0.25) is 0 Å². The second kappa shape index (κ2) is 7.30. The van der Waals surface area contributed by atoms with Crippen molar-refractivity contribution in [2.75, 3.05) is 0 Å². The first-order valence-electron chi connectivity index (χ1n) is 9.10. The molecule has 0 unspecified atom stereocenters. The van der Waals surface area contributed by atoms with Gasteiger partial charge < -0.3 is 15.0 Å². The summed E-state index contributed by atoms with van der Waals surface area (Å²) >= 11 is 0. The normalized spacial score (nSPS) is 20.5. The second-order valence-electron chi connectivity index (χ2n) is 7.09. The van der Waals surface area contributed by atoms with Crippen molar-refractivity contribution < 1.29 is 9.90 Å². The molecular weight excluding hydrogens is 326 g/mol. The van der Waals surface area contributed by atoms with Crippen molar-refractivity contribution in [1.29, 1.82) is 0 Å². The Balaban J connectivity index is 1.45. The summed E-state index contributed by atoms with van der Waals surface area (Å²) < 4.78 is 1.97. The van der Waals surface area contributed by atoms with E-state index < -0.39 is 0 Å². The highest BCUT2D eigenvalue weighted by Gasteiger charge is 2.35. The number of carbonyl (C=O) groups excluding carboxylic acids is 1. The minimum Gasteiger partial charge on any atom is -0.393 e. The maximum absolute atomic E-state index is 12.7. The first kappa shape index (κ1) is 16.8. The summed E-state index contributed by atoms with van der Waals surface area (Å²) in [5, 5.41) is 14.0. The van der Waals surface area contributed by atoms with Crippen LogP contribution in [0.5, 0.6) is 0 Å². The minimum absolute atomic E-state index is 0.00243. The SMILES string of the molecule is O=C(Cn1ccc2ccccc21)N[C@H](Cc1ccccn1)C1CC(O)C1. The first-order chi connectivity index (χ1) is 12.7. The number of fused-ring (bicyclic) bond motifs is 1. The zero-order chi connectivity index (χ0) is 17.9. The molecule has 134 valence electrons. The molecule has 0 spiro atoms. The molecule has 5 heteroatoms. The van der Waals surface area contributed by atoms with Crippen molar-refractivity contribution in [2.24, 2.45) is 5.92 Å². The molecule has 26 heavy (non-hydrogen) atoms. The largest absolute Gasteiger partial charge is 0.393 e. The number of pyridine rings is 1. The Bertz CT molecular complexity index is 884. The maximum Gasteiger partial charge on any atom is 0.240 e. The van der Waals surface area contributed by atoms with Gasteiger partial charge in [-0.25, -0.2) is 0 Å². The van der Waals surface area contributed by atoms with E-state index in [0.29, 0.717) is 18.9 Å². The Morgan fingerprint density at radius 2 is 2.00 bits per heavy atom. The molecule has 1 aliphatic rings. The lowest BCUT2D eigenvalue weighted by atomic mass is 9.76. The lowest BCUT2D eigenvalue weighted by molar-refractivity contribution is -0.123. The average Bonchev–Trinajstić information content (AvgIpc) is 3.02. The topological polar surface area (TPSA) is 67.2 Å². The van der Waals surface area contributed by atoms with Gasteiger partial charge in [-0.2, -0.15) is 0 Å². The molecule has 0 aliphatic heterocycles. The summed E-state index contributed by atoms with van der Waals surface area (Å²) in [5.74, 6) is 0.297. The number of carbonyl (C=O) groups is 1. The van der Waals surface area contributed by atoms with Crippen molar-refractivity contribution in [3.8, 4) is 0 Å². The fraction of sp³-hybridized carbons (Fsp3) is 0.333. The van der Waals surface area contributed by atoms with Gasteiger partial charge in [0, 0.05) is 36.1 Å². The number of aromatic nitrogens is 2. The second-order valence-corrected chi connectivity index (χ2v) is 7.09. The highest BCUT2D eigenvalue weighted by Crippen LogP contribution is 2.31. The lowest BCUT2D eigenvalue weighted by Crippen LogP contribution is -2.49. The first-order valence-corrected chi connectivity index (χ1v) is 9.10. The molecular formula is C21H23N3O2. The number of nitrogens with zero attached hydrogens (tertiary/aromatic N) is 2. The third-order valence-corrected chi connectivity index (χ3v) is 5.21. The molecule has 0 bridgehead atoms. The van der Waals surface area contributed by atoms with E-state index in [1.165, 1.54) is 0 Å². The monoisotopic (exact) mass is 349 g/mol. The van der Waals surface area contributed by atoms with Crippen LogP contribution in [0.4, 0.5) is 0 Å². The molecule has 1 saturated carbocycles. The van der Waals surface area contributed by atoms with Crippen LogP contribution < -0.4 is 5.32 Å². The van der Waals surface area contributed by atoms with E-state index in [1.807, 2.05) is 59.3 Å². The molecule has 0 saturated heterocycles. The van der Waals surface area contributed by atoms with Gasteiger partial charge >= 0.3 is 0 Å². The number of aliphatic hydroxyl groups is 1. The Hall–Kier alpha value is -2.66. The average molecular weight is 349 g/mol. The van der Waals surface area contributed by atoms with Gasteiger partial charge in [0.05, 0.1) is 6.10 Å². The van der Waals surface area contributed by atoms with E-state index in [0.717, 1.165) is 29.4 Å². The zero-order valence-electron chi connectivity index (χ0n) is 14.6. The summed E-state index contributed by atoms with van der Waals surface area (Å²) in [5.41, 5.74) is 2.02. The summed E-state index contributed by atoms with van der Waals surface area (Å²) in [6.45, 7) is 0.293. The molecule has 2 heterocycles. The zero-order valence-corrected chi connectivity index (χ0v) is 14.6. The van der Waals surface area contributed by atoms with Crippen molar-refractivity contribution >= 4 is 16.8 Å². The van der Waals surface area contributed by atoms with Crippen molar-refractivity contribution in [3.63, 3.8) is 0 Å². The van der Waals surface area contributed by atoms with Crippen molar-refractivity contribution in [2.45, 2.75) is 38.0 Å². The quantitative estimate of drug-likeness (QED) is 0.719. The minimum atomic E-state index is -0.239. The Morgan fingerprint density at radius 3 is 2.77 bits per heavy atom. The summed E-state index contributed by atoms with van der Waals surface area (Å²) in [6.07, 6.45) is 5.66. The van der Waals surface area contributed by atoms with E-state index in [-0.39, 0.29) is 18.1 Å². The van der Waals surface area contributed by atoms with Crippen molar-refractivity contribution in [1.82, 2.24) is 14.9 Å². The van der Waals surface area contributed by atoms with Gasteiger partial charge in [-0.05, 0) is 48.4 Å². The molecule has 0 radical (unpaired) electrons. The van der Waals surface area contributed by atoms with Gasteiger partial charge in [0.15, 0.2) is 0 Å². The summed E-state index contributed by atoms with van der Waals surface area (Å²) in [7, 11) is 0. The number of hydrogen-bond acceptors (Lipinski definition) is 3. The predicted octanol–water partition coefficient (Wildman–Crippen LogP) is 2.53. The van der Waals surface area contributed by atoms with Crippen LogP contribution >= 0.6 is 0 Å². The highest BCUT2D eigenvalue weighted by molar-refractivity contribution is 5.83. The number of amides is 1. The molecule has 1 amide bonds. The summed E-state index contributed by atoms with van der Waals surface area (Å²) in [4.78, 5) is 17.0. The van der Waals surface area contributed by atoms with Crippen LogP contribution in [0.15, 0.2) is 60.9 Å². The highest BCUT2D eigenvalue weighted by atomic mass is 16.3. The predicted molar refractivity (Wildman–Crippen MR) is 101 cm³/mol. The maximum atomic E-state index is 12.7. The molecule has 1 atom stereocenters. The van der Waals surface area contributed by atoms with Crippen molar-refractivity contribution in [3.05, 3.63) is 66.6 Å². The molecule has 3 aromatic rings. The Kier molecular flexibility index (Phi) is 4.71. The van der Waals surface area contributed by atoms with E-state index >= 15 is 0 Å². The molecule has 2 aromatic heterocycles. The molecule has 2 N–H and O–H groups in total. The fourth-order valence-electron chi connectivity index (χ4n) is 3.72. The van der Waals surface area contributed by atoms with Crippen LogP contribution in [-0.4, -0.2) is 32.7 Å². The molecule has 1 aromatic carbocycles. The number of nitrogens with one attached hydrogen (secondary N) is 1. The van der Waals surface area contributed by atoms with E-state index in [1.54, 1.807) is 6.20 Å². The van der Waals surface area contributed by atoms with E-state index in [4.69, 9.17) is 0 Å². The van der Waals surface area contributed by atoms with Gasteiger partial charge in [-0.3, -0.25) is 9.78 Å². The molecule has 1 aliphatic carbocycles. The van der Waals surface area contributed by atoms with E-state index in [9.17, 15) is 9.90 Å². The Morgan fingerprint density at radius 1 is 1.19 bits per heavy atom. The van der Waals surface area contributed by atoms with Gasteiger partial charge in [-0.1, -0.05) is 24.3 Å². The number of hydrogen-bond donors (Lipinski definition) is 2. The van der Waals surface area contributed by atoms with Crippen LogP contribution in [-0.2, 0) is 17.8 Å². The van der Waals surface area contributed by atoms with Crippen LogP contribution in [0.3, 0.4) is 0 Å². The summed E-state index contributed by atoms with van der Waals surface area (Å²) in [6, 6.07) is 15.9.